The van der Waals surface area contributed by atoms with Crippen molar-refractivity contribution in [3.8, 4) is 0 Å². The Labute approximate surface area is 184 Å². The number of guanidine groups is 1. The second-order valence-electron chi connectivity index (χ2n) is 8.11. The van der Waals surface area contributed by atoms with Gasteiger partial charge >= 0.3 is 0 Å². The molecule has 31 heavy (non-hydrogen) atoms. The number of piperazine rings is 1. The van der Waals surface area contributed by atoms with E-state index in [9.17, 15) is 4.79 Å². The van der Waals surface area contributed by atoms with Crippen molar-refractivity contribution in [2.75, 3.05) is 65.6 Å². The number of carbonyl (C=O) groups excluding carboxylic acids is 1. The van der Waals surface area contributed by atoms with Crippen LogP contribution >= 0.6 is 0 Å². The Hall–Kier alpha value is -2.64. The Balaban J connectivity index is 1.32. The first-order chi connectivity index (χ1) is 15.2. The average molecular weight is 424 g/mol. The van der Waals surface area contributed by atoms with Gasteiger partial charge in [-0.1, -0.05) is 36.4 Å². The lowest BCUT2D eigenvalue weighted by Crippen LogP contribution is -2.54. The fraction of sp³-hybridized carbons (Fsp3) is 0.500. The molecule has 4 rings (SSSR count). The maximum atomic E-state index is 12.5. The average Bonchev–Trinajstić information content (AvgIpc) is 2.83. The van der Waals surface area contributed by atoms with Gasteiger partial charge in [-0.25, -0.2) is 4.99 Å². The van der Waals surface area contributed by atoms with Gasteiger partial charge in [0.25, 0.3) is 0 Å². The molecule has 0 atom stereocenters. The van der Waals surface area contributed by atoms with E-state index in [2.05, 4.69) is 64.5 Å². The predicted octanol–water partition coefficient (Wildman–Crippen LogP) is 1.78. The van der Waals surface area contributed by atoms with Crippen molar-refractivity contribution in [3.63, 3.8) is 0 Å². The third-order valence-corrected chi connectivity index (χ3v) is 5.95. The summed E-state index contributed by atoms with van der Waals surface area (Å²) in [6.45, 7) is 10.3. The molecule has 0 unspecified atom stereocenters. The van der Waals surface area contributed by atoms with E-state index in [1.54, 1.807) is 0 Å². The number of rotatable bonds is 5. The zero-order valence-corrected chi connectivity index (χ0v) is 18.4. The fourth-order valence-corrected chi connectivity index (χ4v) is 4.15. The summed E-state index contributed by atoms with van der Waals surface area (Å²) in [7, 11) is 0. The quantitative estimate of drug-likeness (QED) is 0.587. The summed E-state index contributed by atoms with van der Waals surface area (Å²) in [6, 6.07) is 15.0. The van der Waals surface area contributed by atoms with Gasteiger partial charge in [-0.05, 0) is 29.3 Å². The molecule has 0 aromatic heterocycles. The van der Waals surface area contributed by atoms with Gasteiger partial charge in [-0.2, -0.15) is 0 Å². The minimum Gasteiger partial charge on any atom is -0.378 e. The molecule has 1 N–H and O–H groups in total. The Bertz CT molecular complexity index is 902. The topological polar surface area (TPSA) is 60.4 Å². The van der Waals surface area contributed by atoms with Crippen LogP contribution < -0.4 is 5.32 Å². The van der Waals surface area contributed by atoms with Crippen molar-refractivity contribution < 1.29 is 9.53 Å². The number of aliphatic imine (C=N–C) groups is 1. The molecule has 0 spiro atoms. The van der Waals surface area contributed by atoms with Crippen molar-refractivity contribution in [3.05, 3.63) is 48.0 Å². The number of ether oxygens (including phenoxy) is 1. The molecule has 1 amide bonds. The Morgan fingerprint density at radius 2 is 1.71 bits per heavy atom. The molecule has 2 aliphatic heterocycles. The third kappa shape index (κ3) is 5.74. The number of nitrogens with one attached hydrogen (secondary N) is 1. The normalized spacial score (nSPS) is 18.4. The summed E-state index contributed by atoms with van der Waals surface area (Å²) in [5.41, 5.74) is 1.21. The highest BCUT2D eigenvalue weighted by Gasteiger charge is 2.24. The maximum absolute atomic E-state index is 12.5. The minimum atomic E-state index is 0.216. The number of benzene rings is 2. The molecule has 0 aliphatic carbocycles. The second-order valence-corrected chi connectivity index (χ2v) is 8.11. The third-order valence-electron chi connectivity index (χ3n) is 5.95. The molecule has 0 bridgehead atoms. The molecule has 2 aromatic rings. The zero-order valence-electron chi connectivity index (χ0n) is 18.4. The molecule has 0 radical (unpaired) electrons. The largest absolute Gasteiger partial charge is 0.378 e. The standard InChI is InChI=1S/C24H33N5O2/c1-2-25-24(26-18-20-7-8-21-5-3-4-6-22(21)17-20)29-11-9-27(10-12-29)19-23(30)28-13-15-31-16-14-28/h3-8,17H,2,9-16,18-19H2,1H3,(H,25,26). The molecule has 2 fully saturated rings. The van der Waals surface area contributed by atoms with Gasteiger partial charge in [0, 0.05) is 45.8 Å². The molecular weight excluding hydrogens is 390 g/mol. The highest BCUT2D eigenvalue weighted by Crippen LogP contribution is 2.16. The summed E-state index contributed by atoms with van der Waals surface area (Å²) >= 11 is 0. The number of amides is 1. The Morgan fingerprint density at radius 3 is 2.45 bits per heavy atom. The minimum absolute atomic E-state index is 0.216. The molecule has 0 saturated carbocycles. The lowest BCUT2D eigenvalue weighted by atomic mass is 10.1. The van der Waals surface area contributed by atoms with Crippen LogP contribution in [0.25, 0.3) is 10.8 Å². The van der Waals surface area contributed by atoms with Gasteiger partial charge in [-0.3, -0.25) is 9.69 Å². The molecule has 2 heterocycles. The van der Waals surface area contributed by atoms with Crippen molar-refractivity contribution in [2.45, 2.75) is 13.5 Å². The molecule has 2 aromatic carbocycles. The highest BCUT2D eigenvalue weighted by molar-refractivity contribution is 5.83. The lowest BCUT2D eigenvalue weighted by Gasteiger charge is -2.37. The van der Waals surface area contributed by atoms with Crippen LogP contribution in [-0.4, -0.2) is 92.1 Å². The van der Waals surface area contributed by atoms with Crippen molar-refractivity contribution in [1.82, 2.24) is 20.0 Å². The Morgan fingerprint density at radius 1 is 0.968 bits per heavy atom. The number of morpholine rings is 1. The SMILES string of the molecule is CCNC(=NCc1ccc2ccccc2c1)N1CCN(CC(=O)N2CCOCC2)CC1. The molecule has 7 heteroatoms. The Kier molecular flexibility index (Phi) is 7.38. The van der Waals surface area contributed by atoms with Crippen molar-refractivity contribution in [1.29, 1.82) is 0 Å². The van der Waals surface area contributed by atoms with Gasteiger partial charge in [0.2, 0.25) is 5.91 Å². The van der Waals surface area contributed by atoms with E-state index in [0.717, 1.165) is 38.7 Å². The van der Waals surface area contributed by atoms with Crippen LogP contribution in [0, 0.1) is 0 Å². The highest BCUT2D eigenvalue weighted by atomic mass is 16.5. The molecule has 2 saturated heterocycles. The predicted molar refractivity (Wildman–Crippen MR) is 124 cm³/mol. The lowest BCUT2D eigenvalue weighted by molar-refractivity contribution is -0.136. The van der Waals surface area contributed by atoms with E-state index in [1.807, 2.05) is 4.90 Å². The monoisotopic (exact) mass is 423 g/mol. The van der Waals surface area contributed by atoms with E-state index < -0.39 is 0 Å². The molecule has 7 nitrogen and oxygen atoms in total. The van der Waals surface area contributed by atoms with Crippen LogP contribution in [0.5, 0.6) is 0 Å². The van der Waals surface area contributed by atoms with Crippen molar-refractivity contribution in [2.24, 2.45) is 4.99 Å². The van der Waals surface area contributed by atoms with E-state index in [4.69, 9.17) is 9.73 Å². The van der Waals surface area contributed by atoms with Crippen LogP contribution in [0.4, 0.5) is 0 Å². The van der Waals surface area contributed by atoms with Gasteiger partial charge in [0.15, 0.2) is 5.96 Å². The smallest absolute Gasteiger partial charge is 0.236 e. The van der Waals surface area contributed by atoms with E-state index in [1.165, 1.54) is 16.3 Å². The van der Waals surface area contributed by atoms with Gasteiger partial charge in [0.1, 0.15) is 0 Å². The number of carbonyl (C=O) groups is 1. The molecule has 2 aliphatic rings. The molecule has 166 valence electrons. The summed E-state index contributed by atoms with van der Waals surface area (Å²) in [5.74, 6) is 1.17. The second kappa shape index (κ2) is 10.6. The number of nitrogens with zero attached hydrogens (tertiary/aromatic N) is 4. The van der Waals surface area contributed by atoms with E-state index in [0.29, 0.717) is 39.4 Å². The van der Waals surface area contributed by atoms with Crippen LogP contribution in [-0.2, 0) is 16.1 Å². The number of hydrogen-bond acceptors (Lipinski definition) is 4. The summed E-state index contributed by atoms with van der Waals surface area (Å²) in [6.07, 6.45) is 0. The number of fused-ring (bicyclic) bond motifs is 1. The van der Waals surface area contributed by atoms with Crippen molar-refractivity contribution >= 4 is 22.6 Å². The van der Waals surface area contributed by atoms with Gasteiger partial charge in [-0.15, -0.1) is 0 Å². The van der Waals surface area contributed by atoms with Crippen LogP contribution in [0.15, 0.2) is 47.5 Å². The van der Waals surface area contributed by atoms with Crippen LogP contribution in [0.3, 0.4) is 0 Å². The van der Waals surface area contributed by atoms with Crippen LogP contribution in [0.2, 0.25) is 0 Å². The summed E-state index contributed by atoms with van der Waals surface area (Å²) in [5, 5.41) is 5.94. The first kappa shape index (κ1) is 21.6. The summed E-state index contributed by atoms with van der Waals surface area (Å²) in [4.78, 5) is 23.9. The van der Waals surface area contributed by atoms with E-state index in [-0.39, 0.29) is 5.91 Å². The van der Waals surface area contributed by atoms with E-state index >= 15 is 0 Å². The fourth-order valence-electron chi connectivity index (χ4n) is 4.15. The first-order valence-corrected chi connectivity index (χ1v) is 11.3. The van der Waals surface area contributed by atoms with Gasteiger partial charge in [0.05, 0.1) is 26.3 Å². The first-order valence-electron chi connectivity index (χ1n) is 11.3. The molecular formula is C24H33N5O2. The zero-order chi connectivity index (χ0) is 21.5. The van der Waals surface area contributed by atoms with Gasteiger partial charge < -0.3 is 19.9 Å². The van der Waals surface area contributed by atoms with Crippen LogP contribution in [0.1, 0.15) is 12.5 Å². The summed E-state index contributed by atoms with van der Waals surface area (Å²) < 4.78 is 5.34. The maximum Gasteiger partial charge on any atom is 0.236 e. The number of hydrogen-bond donors (Lipinski definition) is 1.